The highest BCUT2D eigenvalue weighted by Gasteiger charge is 2.06. The minimum atomic E-state index is -0.475. The zero-order valence-electron chi connectivity index (χ0n) is 15.4. The predicted octanol–water partition coefficient (Wildman–Crippen LogP) is 4.03. The SMILES string of the molecule is CCCC(C)c1ccc(OCC(=O)N/N=C/c2ccc([N+](=O)[O-])cc2)cc1. The van der Waals surface area contributed by atoms with E-state index in [0.717, 1.165) is 12.8 Å². The normalized spacial score (nSPS) is 11.9. The van der Waals surface area contributed by atoms with Gasteiger partial charge in [-0.25, -0.2) is 5.43 Å². The van der Waals surface area contributed by atoms with Crippen LogP contribution in [0.1, 0.15) is 43.7 Å². The number of hydrogen-bond donors (Lipinski definition) is 1. The van der Waals surface area contributed by atoms with E-state index < -0.39 is 10.8 Å². The molecule has 0 fully saturated rings. The van der Waals surface area contributed by atoms with Crippen molar-refractivity contribution < 1.29 is 14.5 Å². The van der Waals surface area contributed by atoms with Gasteiger partial charge in [-0.15, -0.1) is 0 Å². The Bertz CT molecular complexity index is 786. The summed E-state index contributed by atoms with van der Waals surface area (Å²) in [6, 6.07) is 13.6. The largest absolute Gasteiger partial charge is 0.484 e. The number of nitrogens with one attached hydrogen (secondary N) is 1. The smallest absolute Gasteiger partial charge is 0.277 e. The van der Waals surface area contributed by atoms with E-state index in [2.05, 4.69) is 24.4 Å². The molecule has 0 aliphatic carbocycles. The van der Waals surface area contributed by atoms with Crippen LogP contribution in [0.3, 0.4) is 0 Å². The fourth-order valence-electron chi connectivity index (χ4n) is 2.53. The van der Waals surface area contributed by atoms with Gasteiger partial charge in [-0.05, 0) is 47.7 Å². The second-order valence-corrected chi connectivity index (χ2v) is 6.19. The Kier molecular flexibility index (Phi) is 7.49. The van der Waals surface area contributed by atoms with Crippen LogP contribution in [0.25, 0.3) is 0 Å². The lowest BCUT2D eigenvalue weighted by Gasteiger charge is -2.11. The van der Waals surface area contributed by atoms with E-state index in [0.29, 0.717) is 17.2 Å². The van der Waals surface area contributed by atoms with Crippen molar-refractivity contribution >= 4 is 17.8 Å². The molecule has 1 atom stereocenters. The highest BCUT2D eigenvalue weighted by atomic mass is 16.6. The zero-order valence-corrected chi connectivity index (χ0v) is 15.4. The zero-order chi connectivity index (χ0) is 19.6. The number of hydrazone groups is 1. The summed E-state index contributed by atoms with van der Waals surface area (Å²) in [7, 11) is 0. The van der Waals surface area contributed by atoms with E-state index in [-0.39, 0.29) is 12.3 Å². The number of benzene rings is 2. The van der Waals surface area contributed by atoms with Gasteiger partial charge < -0.3 is 4.74 Å². The fraction of sp³-hybridized carbons (Fsp3) is 0.300. The first-order valence-electron chi connectivity index (χ1n) is 8.78. The summed E-state index contributed by atoms with van der Waals surface area (Å²) in [5, 5.41) is 14.4. The van der Waals surface area contributed by atoms with Crippen LogP contribution in [0.5, 0.6) is 5.75 Å². The Balaban J connectivity index is 1.78. The molecule has 7 heteroatoms. The van der Waals surface area contributed by atoms with Gasteiger partial charge >= 0.3 is 0 Å². The van der Waals surface area contributed by atoms with Gasteiger partial charge in [-0.1, -0.05) is 32.4 Å². The van der Waals surface area contributed by atoms with Crippen molar-refractivity contribution in [3.8, 4) is 5.75 Å². The predicted molar refractivity (Wildman–Crippen MR) is 104 cm³/mol. The molecule has 7 nitrogen and oxygen atoms in total. The number of carbonyl (C=O) groups excluding carboxylic acids is 1. The second-order valence-electron chi connectivity index (χ2n) is 6.19. The first kappa shape index (κ1) is 20.1. The number of amides is 1. The molecule has 0 spiro atoms. The van der Waals surface area contributed by atoms with Crippen molar-refractivity contribution in [1.29, 1.82) is 0 Å². The Labute approximate surface area is 158 Å². The first-order valence-corrected chi connectivity index (χ1v) is 8.78. The molecule has 0 saturated heterocycles. The third kappa shape index (κ3) is 6.54. The average molecular weight is 369 g/mol. The maximum Gasteiger partial charge on any atom is 0.277 e. The summed E-state index contributed by atoms with van der Waals surface area (Å²) >= 11 is 0. The van der Waals surface area contributed by atoms with Crippen molar-refractivity contribution in [2.75, 3.05) is 6.61 Å². The molecule has 0 aliphatic heterocycles. The second kappa shape index (κ2) is 10.1. The van der Waals surface area contributed by atoms with Crippen molar-refractivity contribution in [3.05, 3.63) is 69.8 Å². The van der Waals surface area contributed by atoms with Gasteiger partial charge in [-0.3, -0.25) is 14.9 Å². The highest BCUT2D eigenvalue weighted by Crippen LogP contribution is 2.22. The minimum Gasteiger partial charge on any atom is -0.484 e. The molecule has 0 radical (unpaired) electrons. The van der Waals surface area contributed by atoms with E-state index in [9.17, 15) is 14.9 Å². The lowest BCUT2D eigenvalue weighted by molar-refractivity contribution is -0.384. The molecule has 1 amide bonds. The highest BCUT2D eigenvalue weighted by molar-refractivity contribution is 5.83. The minimum absolute atomic E-state index is 0.000285. The first-order chi connectivity index (χ1) is 13.0. The Morgan fingerprint density at radius 1 is 1.22 bits per heavy atom. The van der Waals surface area contributed by atoms with Crippen molar-refractivity contribution in [1.82, 2.24) is 5.43 Å². The summed E-state index contributed by atoms with van der Waals surface area (Å²) in [4.78, 5) is 21.9. The molecule has 2 aromatic carbocycles. The third-order valence-corrected chi connectivity index (χ3v) is 4.05. The number of ether oxygens (including phenoxy) is 1. The Morgan fingerprint density at radius 2 is 1.89 bits per heavy atom. The number of non-ortho nitro benzene ring substituents is 1. The third-order valence-electron chi connectivity index (χ3n) is 4.05. The van der Waals surface area contributed by atoms with Gasteiger partial charge in [-0.2, -0.15) is 5.10 Å². The molecule has 1 N–H and O–H groups in total. The molecule has 0 aliphatic rings. The molecule has 1 unspecified atom stereocenters. The molecule has 2 aromatic rings. The van der Waals surface area contributed by atoms with Crippen LogP contribution in [-0.4, -0.2) is 23.7 Å². The quantitative estimate of drug-likeness (QED) is 0.410. The average Bonchev–Trinajstić information content (AvgIpc) is 2.67. The van der Waals surface area contributed by atoms with Crippen LogP contribution in [0.2, 0.25) is 0 Å². The lowest BCUT2D eigenvalue weighted by Crippen LogP contribution is -2.24. The molecular formula is C20H23N3O4. The van der Waals surface area contributed by atoms with E-state index in [1.165, 1.54) is 23.9 Å². The van der Waals surface area contributed by atoms with Crippen LogP contribution < -0.4 is 10.2 Å². The maximum atomic E-state index is 11.8. The van der Waals surface area contributed by atoms with Gasteiger partial charge in [0.15, 0.2) is 6.61 Å². The van der Waals surface area contributed by atoms with Crippen molar-refractivity contribution in [2.45, 2.75) is 32.6 Å². The van der Waals surface area contributed by atoms with E-state index in [1.807, 2.05) is 24.3 Å². The van der Waals surface area contributed by atoms with Gasteiger partial charge in [0, 0.05) is 12.1 Å². The van der Waals surface area contributed by atoms with Crippen molar-refractivity contribution in [3.63, 3.8) is 0 Å². The number of nitro groups is 1. The lowest BCUT2D eigenvalue weighted by atomic mass is 9.97. The number of nitro benzene ring substituents is 1. The summed E-state index contributed by atoms with van der Waals surface area (Å²) in [5.74, 6) is 0.731. The number of carbonyl (C=O) groups is 1. The van der Waals surface area contributed by atoms with Crippen LogP contribution >= 0.6 is 0 Å². The Morgan fingerprint density at radius 3 is 2.48 bits per heavy atom. The standard InChI is InChI=1S/C20H23N3O4/c1-3-4-15(2)17-7-11-19(12-8-17)27-14-20(24)22-21-13-16-5-9-18(10-6-16)23(25)26/h5-13,15H,3-4,14H2,1-2H3,(H,22,24)/b21-13+. The molecule has 0 aromatic heterocycles. The summed E-state index contributed by atoms with van der Waals surface area (Å²) in [5.41, 5.74) is 4.25. The van der Waals surface area contributed by atoms with E-state index in [4.69, 9.17) is 4.74 Å². The van der Waals surface area contributed by atoms with Crippen LogP contribution in [0, 0.1) is 10.1 Å². The number of hydrogen-bond acceptors (Lipinski definition) is 5. The molecule has 0 heterocycles. The van der Waals surface area contributed by atoms with Gasteiger partial charge in [0.05, 0.1) is 11.1 Å². The van der Waals surface area contributed by atoms with Crippen LogP contribution in [0.15, 0.2) is 53.6 Å². The van der Waals surface area contributed by atoms with E-state index >= 15 is 0 Å². The molecule has 0 saturated carbocycles. The van der Waals surface area contributed by atoms with E-state index in [1.54, 1.807) is 12.1 Å². The van der Waals surface area contributed by atoms with Gasteiger partial charge in [0.2, 0.25) is 0 Å². The molecule has 2 rings (SSSR count). The summed E-state index contributed by atoms with van der Waals surface area (Å²) in [6.45, 7) is 4.20. The molecular weight excluding hydrogens is 346 g/mol. The van der Waals surface area contributed by atoms with Gasteiger partial charge in [0.25, 0.3) is 11.6 Å². The van der Waals surface area contributed by atoms with Crippen LogP contribution in [-0.2, 0) is 4.79 Å². The maximum absolute atomic E-state index is 11.8. The number of nitrogens with zero attached hydrogens (tertiary/aromatic N) is 2. The monoisotopic (exact) mass is 369 g/mol. The summed E-state index contributed by atoms with van der Waals surface area (Å²) < 4.78 is 5.45. The molecule has 27 heavy (non-hydrogen) atoms. The number of rotatable bonds is 9. The van der Waals surface area contributed by atoms with Gasteiger partial charge in [0.1, 0.15) is 5.75 Å². The Hall–Kier alpha value is -3.22. The molecule has 0 bridgehead atoms. The summed E-state index contributed by atoms with van der Waals surface area (Å²) in [6.07, 6.45) is 3.68. The van der Waals surface area contributed by atoms with Crippen molar-refractivity contribution in [2.24, 2.45) is 5.10 Å². The molecule has 142 valence electrons. The fourth-order valence-corrected chi connectivity index (χ4v) is 2.53. The van der Waals surface area contributed by atoms with Crippen LogP contribution in [0.4, 0.5) is 5.69 Å². The topological polar surface area (TPSA) is 93.8 Å².